The average molecular weight is 480 g/mol. The summed E-state index contributed by atoms with van der Waals surface area (Å²) in [6.07, 6.45) is 5.73. The third kappa shape index (κ3) is 5.35. The number of piperazine rings is 1. The quantitative estimate of drug-likeness (QED) is 0.710. The highest BCUT2D eigenvalue weighted by Crippen LogP contribution is 2.27. The number of nitrogens with zero attached hydrogens (tertiary/aromatic N) is 4. The first-order chi connectivity index (χ1) is 15.4. The molecule has 1 unspecified atom stereocenters. The number of amides is 3. The van der Waals surface area contributed by atoms with Crippen molar-refractivity contribution in [3.05, 3.63) is 34.1 Å². The van der Waals surface area contributed by atoms with Crippen LogP contribution in [0.25, 0.3) is 11.5 Å². The smallest absolute Gasteiger partial charge is 0.317 e. The van der Waals surface area contributed by atoms with Crippen molar-refractivity contribution in [1.29, 1.82) is 0 Å². The molecule has 1 aliphatic carbocycles. The van der Waals surface area contributed by atoms with Crippen molar-refractivity contribution < 1.29 is 14.1 Å². The molecule has 4 rings (SSSR count). The number of carbonyl (C=O) groups excluding carboxylic acids is 2. The van der Waals surface area contributed by atoms with Crippen LogP contribution in [0.5, 0.6) is 0 Å². The van der Waals surface area contributed by atoms with Gasteiger partial charge in [-0.05, 0) is 38.0 Å². The Balaban J connectivity index is 1.31. The van der Waals surface area contributed by atoms with Crippen molar-refractivity contribution in [3.8, 4) is 11.5 Å². The van der Waals surface area contributed by atoms with Crippen molar-refractivity contribution in [3.63, 3.8) is 0 Å². The van der Waals surface area contributed by atoms with Gasteiger partial charge in [-0.3, -0.25) is 4.79 Å². The highest BCUT2D eigenvalue weighted by Gasteiger charge is 2.31. The van der Waals surface area contributed by atoms with Crippen LogP contribution in [0.4, 0.5) is 4.79 Å². The van der Waals surface area contributed by atoms with Crippen LogP contribution >= 0.6 is 23.2 Å². The van der Waals surface area contributed by atoms with Crippen LogP contribution in [-0.2, 0) is 11.2 Å². The largest absolute Gasteiger partial charge is 0.338 e. The van der Waals surface area contributed by atoms with Crippen LogP contribution in [0, 0.1) is 0 Å². The number of benzene rings is 1. The third-order valence-electron chi connectivity index (χ3n) is 6.12. The minimum Gasteiger partial charge on any atom is -0.338 e. The van der Waals surface area contributed by atoms with Gasteiger partial charge in [0.05, 0.1) is 16.5 Å². The molecule has 2 aliphatic rings. The Labute approximate surface area is 197 Å². The molecule has 10 heteroatoms. The number of aromatic nitrogens is 2. The van der Waals surface area contributed by atoms with E-state index in [1.165, 1.54) is 19.3 Å². The first kappa shape index (κ1) is 22.9. The number of carbonyl (C=O) groups is 2. The molecule has 1 atom stereocenters. The van der Waals surface area contributed by atoms with E-state index in [0.29, 0.717) is 41.1 Å². The van der Waals surface area contributed by atoms with Gasteiger partial charge in [0.2, 0.25) is 5.91 Å². The van der Waals surface area contributed by atoms with E-state index in [2.05, 4.69) is 15.5 Å². The first-order valence-corrected chi connectivity index (χ1v) is 11.8. The normalized spacial score (nSPS) is 19.8. The van der Waals surface area contributed by atoms with Gasteiger partial charge in [-0.25, -0.2) is 4.79 Å². The summed E-state index contributed by atoms with van der Waals surface area (Å²) in [6, 6.07) is 5.20. The maximum Gasteiger partial charge on any atom is 0.317 e. The summed E-state index contributed by atoms with van der Waals surface area (Å²) < 4.78 is 5.28. The van der Waals surface area contributed by atoms with E-state index in [1.807, 2.05) is 11.8 Å². The summed E-state index contributed by atoms with van der Waals surface area (Å²) in [7, 11) is 0. The second-order valence-electron chi connectivity index (χ2n) is 8.49. The predicted octanol–water partition coefficient (Wildman–Crippen LogP) is 4.16. The Bertz CT molecular complexity index is 976. The molecule has 1 aromatic heterocycles. The number of nitrogens with one attached hydrogen (secondary N) is 1. The molecule has 1 N–H and O–H groups in total. The number of hydrogen-bond donors (Lipinski definition) is 1. The zero-order valence-corrected chi connectivity index (χ0v) is 19.5. The molecule has 1 saturated carbocycles. The van der Waals surface area contributed by atoms with Crippen LogP contribution in [0.15, 0.2) is 22.7 Å². The van der Waals surface area contributed by atoms with Gasteiger partial charge in [-0.2, -0.15) is 4.98 Å². The van der Waals surface area contributed by atoms with Gasteiger partial charge in [-0.1, -0.05) is 47.6 Å². The fourth-order valence-electron chi connectivity index (χ4n) is 4.31. The van der Waals surface area contributed by atoms with Crippen LogP contribution in [0.3, 0.4) is 0 Å². The van der Waals surface area contributed by atoms with Gasteiger partial charge in [0.1, 0.15) is 0 Å². The standard InChI is InChI=1S/C22H27Cl2N5O3/c1-14-13-28(9-10-29(14)22(31)25-16-5-3-2-4-6-16)20(30)12-19-26-21(32-27-19)15-7-8-17(23)18(24)11-15/h7-8,11,14,16H,2-6,9-10,12-13H2,1H3,(H,25,31). The van der Waals surface area contributed by atoms with Crippen LogP contribution in [0.2, 0.25) is 10.0 Å². The lowest BCUT2D eigenvalue weighted by Gasteiger charge is -2.40. The predicted molar refractivity (Wildman–Crippen MR) is 122 cm³/mol. The minimum absolute atomic E-state index is 0.0269. The van der Waals surface area contributed by atoms with Crippen molar-refractivity contribution in [2.24, 2.45) is 0 Å². The van der Waals surface area contributed by atoms with E-state index < -0.39 is 0 Å². The maximum absolute atomic E-state index is 12.8. The zero-order chi connectivity index (χ0) is 22.7. The number of hydrogen-bond acceptors (Lipinski definition) is 5. The summed E-state index contributed by atoms with van der Waals surface area (Å²) in [4.78, 5) is 33.4. The molecular weight excluding hydrogens is 453 g/mol. The van der Waals surface area contributed by atoms with E-state index in [9.17, 15) is 9.59 Å². The van der Waals surface area contributed by atoms with Crippen molar-refractivity contribution in [1.82, 2.24) is 25.3 Å². The highest BCUT2D eigenvalue weighted by molar-refractivity contribution is 6.42. The molecular formula is C22H27Cl2N5O3. The summed E-state index contributed by atoms with van der Waals surface area (Å²) in [5, 5.41) is 7.91. The van der Waals surface area contributed by atoms with E-state index >= 15 is 0 Å². The zero-order valence-electron chi connectivity index (χ0n) is 18.0. The van der Waals surface area contributed by atoms with Crippen molar-refractivity contribution in [2.75, 3.05) is 19.6 Å². The fraction of sp³-hybridized carbons (Fsp3) is 0.545. The van der Waals surface area contributed by atoms with Gasteiger partial charge < -0.3 is 19.6 Å². The van der Waals surface area contributed by atoms with Gasteiger partial charge in [0.25, 0.3) is 5.89 Å². The second kappa shape index (κ2) is 10.1. The van der Waals surface area contributed by atoms with Crippen molar-refractivity contribution in [2.45, 2.75) is 57.5 Å². The second-order valence-corrected chi connectivity index (χ2v) is 9.30. The van der Waals surface area contributed by atoms with Crippen LogP contribution in [-0.4, -0.2) is 63.6 Å². The Hall–Kier alpha value is -2.32. The molecule has 8 nitrogen and oxygen atoms in total. The first-order valence-electron chi connectivity index (χ1n) is 11.0. The molecule has 3 amide bonds. The van der Waals surface area contributed by atoms with Crippen LogP contribution < -0.4 is 5.32 Å². The van der Waals surface area contributed by atoms with Gasteiger partial charge in [0.15, 0.2) is 5.82 Å². The lowest BCUT2D eigenvalue weighted by Crippen LogP contribution is -2.59. The van der Waals surface area contributed by atoms with E-state index in [4.69, 9.17) is 27.7 Å². The maximum atomic E-state index is 12.8. The average Bonchev–Trinajstić information content (AvgIpc) is 3.24. The highest BCUT2D eigenvalue weighted by atomic mass is 35.5. The summed E-state index contributed by atoms with van der Waals surface area (Å²) in [5.74, 6) is 0.496. The molecule has 1 saturated heterocycles. The Morgan fingerprint density at radius 3 is 2.66 bits per heavy atom. The Morgan fingerprint density at radius 2 is 1.94 bits per heavy atom. The number of urea groups is 1. The number of rotatable bonds is 4. The van der Waals surface area contributed by atoms with E-state index in [-0.39, 0.29) is 36.3 Å². The summed E-state index contributed by atoms with van der Waals surface area (Å²) in [5.41, 5.74) is 0.636. The molecule has 1 aromatic carbocycles. The Kier molecular flexibility index (Phi) is 7.20. The molecule has 0 radical (unpaired) electrons. The topological polar surface area (TPSA) is 91.6 Å². The molecule has 0 bridgehead atoms. The molecule has 172 valence electrons. The SMILES string of the molecule is CC1CN(C(=O)Cc2noc(-c3ccc(Cl)c(Cl)c3)n2)CCN1C(=O)NC1CCCCC1. The summed E-state index contributed by atoms with van der Waals surface area (Å²) >= 11 is 12.0. The van der Waals surface area contributed by atoms with Gasteiger partial charge in [-0.15, -0.1) is 0 Å². The fourth-order valence-corrected chi connectivity index (χ4v) is 4.61. The van der Waals surface area contributed by atoms with Crippen LogP contribution in [0.1, 0.15) is 44.9 Å². The molecule has 2 aromatic rings. The lowest BCUT2D eigenvalue weighted by atomic mass is 9.96. The minimum atomic E-state index is -0.0920. The Morgan fingerprint density at radius 1 is 1.16 bits per heavy atom. The van der Waals surface area contributed by atoms with Crippen molar-refractivity contribution >= 4 is 35.1 Å². The van der Waals surface area contributed by atoms with E-state index in [0.717, 1.165) is 12.8 Å². The molecule has 2 fully saturated rings. The number of halogens is 2. The third-order valence-corrected chi connectivity index (χ3v) is 6.86. The van der Waals surface area contributed by atoms with Gasteiger partial charge >= 0.3 is 6.03 Å². The molecule has 32 heavy (non-hydrogen) atoms. The molecule has 0 spiro atoms. The van der Waals surface area contributed by atoms with Gasteiger partial charge in [0, 0.05) is 37.3 Å². The molecule has 2 heterocycles. The van der Waals surface area contributed by atoms with E-state index in [1.54, 1.807) is 23.1 Å². The molecule has 1 aliphatic heterocycles. The summed E-state index contributed by atoms with van der Waals surface area (Å²) in [6.45, 7) is 3.44. The monoisotopic (exact) mass is 479 g/mol. The lowest BCUT2D eigenvalue weighted by molar-refractivity contribution is -0.133.